The van der Waals surface area contributed by atoms with Crippen molar-refractivity contribution in [1.82, 2.24) is 5.32 Å². The van der Waals surface area contributed by atoms with Gasteiger partial charge in [0.05, 0.1) is 11.2 Å². The van der Waals surface area contributed by atoms with Gasteiger partial charge in [-0.1, -0.05) is 19.8 Å². The second kappa shape index (κ2) is 6.55. The molecule has 2 aliphatic heterocycles. The molecule has 3 unspecified atom stereocenters. The molecule has 0 aromatic rings. The fraction of sp³-hybridized carbons (Fsp3) is 1.00. The molecule has 1 N–H and O–H groups in total. The largest absolute Gasteiger partial charge is 0.375 e. The highest BCUT2D eigenvalue weighted by Crippen LogP contribution is 2.45. The Kier molecular flexibility index (Phi) is 4.92. The summed E-state index contributed by atoms with van der Waals surface area (Å²) < 4.78 is 12.4. The summed E-state index contributed by atoms with van der Waals surface area (Å²) in [5.41, 5.74) is 0.251. The fourth-order valence-electron chi connectivity index (χ4n) is 4.94. The van der Waals surface area contributed by atoms with E-state index in [2.05, 4.69) is 19.2 Å². The second-order valence-electron chi connectivity index (χ2n) is 7.69. The number of rotatable bonds is 5. The van der Waals surface area contributed by atoms with Crippen LogP contribution in [0.15, 0.2) is 0 Å². The molecule has 21 heavy (non-hydrogen) atoms. The Hall–Kier alpha value is -0.120. The topological polar surface area (TPSA) is 30.5 Å². The van der Waals surface area contributed by atoms with Gasteiger partial charge in [-0.3, -0.25) is 0 Å². The van der Waals surface area contributed by atoms with Crippen LogP contribution in [0.3, 0.4) is 0 Å². The summed E-state index contributed by atoms with van der Waals surface area (Å²) in [5.74, 6) is 0.714. The number of ether oxygens (including phenoxy) is 2. The van der Waals surface area contributed by atoms with Crippen molar-refractivity contribution in [3.8, 4) is 0 Å². The van der Waals surface area contributed by atoms with Gasteiger partial charge in [-0.15, -0.1) is 0 Å². The first kappa shape index (κ1) is 15.8. The minimum absolute atomic E-state index is 0.0387. The Morgan fingerprint density at radius 2 is 1.90 bits per heavy atom. The van der Waals surface area contributed by atoms with E-state index in [9.17, 15) is 0 Å². The smallest absolute Gasteiger partial charge is 0.0810 e. The number of hydrogen-bond donors (Lipinski definition) is 1. The van der Waals surface area contributed by atoms with E-state index in [1.54, 1.807) is 0 Å². The third-order valence-corrected chi connectivity index (χ3v) is 6.04. The molecule has 3 atom stereocenters. The summed E-state index contributed by atoms with van der Waals surface area (Å²) in [6.07, 6.45) is 11.3. The van der Waals surface area contributed by atoms with Crippen LogP contribution in [0.1, 0.15) is 71.6 Å². The van der Waals surface area contributed by atoms with E-state index >= 15 is 0 Å². The number of nitrogens with one attached hydrogen (secondary N) is 1. The van der Waals surface area contributed by atoms with Crippen molar-refractivity contribution in [3.63, 3.8) is 0 Å². The summed E-state index contributed by atoms with van der Waals surface area (Å²) in [4.78, 5) is 0. The van der Waals surface area contributed by atoms with E-state index in [4.69, 9.17) is 9.47 Å². The zero-order chi connectivity index (χ0) is 14.8. The lowest BCUT2D eigenvalue weighted by Gasteiger charge is -2.46. The summed E-state index contributed by atoms with van der Waals surface area (Å²) in [5, 5.41) is 3.85. The lowest BCUT2D eigenvalue weighted by Crippen LogP contribution is -2.56. The highest BCUT2D eigenvalue weighted by Gasteiger charge is 2.47. The Morgan fingerprint density at radius 3 is 2.57 bits per heavy atom. The zero-order valence-corrected chi connectivity index (χ0v) is 14.0. The molecule has 2 heterocycles. The normalized spacial score (nSPS) is 37.1. The van der Waals surface area contributed by atoms with Gasteiger partial charge in [0.1, 0.15) is 0 Å². The van der Waals surface area contributed by atoms with E-state index < -0.39 is 0 Å². The molecule has 3 nitrogen and oxygen atoms in total. The van der Waals surface area contributed by atoms with Gasteiger partial charge in [0.2, 0.25) is 0 Å². The minimum Gasteiger partial charge on any atom is -0.375 e. The third-order valence-electron chi connectivity index (χ3n) is 6.04. The van der Waals surface area contributed by atoms with Crippen molar-refractivity contribution in [2.24, 2.45) is 5.92 Å². The van der Waals surface area contributed by atoms with Crippen LogP contribution < -0.4 is 5.32 Å². The van der Waals surface area contributed by atoms with E-state index in [0.717, 1.165) is 19.8 Å². The molecule has 1 spiro atoms. The summed E-state index contributed by atoms with van der Waals surface area (Å²) >= 11 is 0. The van der Waals surface area contributed by atoms with Crippen LogP contribution in [-0.2, 0) is 9.47 Å². The molecule has 1 saturated carbocycles. The molecule has 0 bridgehead atoms. The van der Waals surface area contributed by atoms with Crippen LogP contribution in [0, 0.1) is 5.92 Å². The highest BCUT2D eigenvalue weighted by atomic mass is 16.5. The molecule has 122 valence electrons. The quantitative estimate of drug-likeness (QED) is 0.839. The molecule has 0 radical (unpaired) electrons. The monoisotopic (exact) mass is 295 g/mol. The molecule has 0 amide bonds. The molecule has 3 heteroatoms. The van der Waals surface area contributed by atoms with Gasteiger partial charge in [-0.2, -0.15) is 0 Å². The molecular weight excluding hydrogens is 262 g/mol. The summed E-state index contributed by atoms with van der Waals surface area (Å²) in [6, 6.07) is 0.501. The lowest BCUT2D eigenvalue weighted by atomic mass is 9.74. The highest BCUT2D eigenvalue weighted by molar-refractivity contribution is 5.01. The van der Waals surface area contributed by atoms with Crippen LogP contribution >= 0.6 is 0 Å². The van der Waals surface area contributed by atoms with E-state index in [-0.39, 0.29) is 11.2 Å². The van der Waals surface area contributed by atoms with Crippen LogP contribution in [0.5, 0.6) is 0 Å². The van der Waals surface area contributed by atoms with Gasteiger partial charge in [0.15, 0.2) is 0 Å². The Balaban J connectivity index is 1.72. The molecule has 3 rings (SSSR count). The first-order valence-electron chi connectivity index (χ1n) is 9.19. The van der Waals surface area contributed by atoms with Crippen LogP contribution in [-0.4, -0.2) is 37.0 Å². The molecule has 3 fully saturated rings. The van der Waals surface area contributed by atoms with Crippen LogP contribution in [0.2, 0.25) is 0 Å². The first-order chi connectivity index (χ1) is 10.2. The fourth-order valence-corrected chi connectivity index (χ4v) is 4.94. The maximum atomic E-state index is 6.24. The molecular formula is C18H33NO2. The SMILES string of the molecule is CCCNC(C1CCOC2(CCCC2)C1)C1(C)CCCO1. The van der Waals surface area contributed by atoms with Gasteiger partial charge in [0.25, 0.3) is 0 Å². The van der Waals surface area contributed by atoms with E-state index in [1.807, 2.05) is 0 Å². The van der Waals surface area contributed by atoms with Crippen molar-refractivity contribution in [2.75, 3.05) is 19.8 Å². The third kappa shape index (κ3) is 3.30. The van der Waals surface area contributed by atoms with Crippen molar-refractivity contribution in [2.45, 2.75) is 88.9 Å². The van der Waals surface area contributed by atoms with E-state index in [0.29, 0.717) is 12.0 Å². The zero-order valence-electron chi connectivity index (χ0n) is 14.0. The standard InChI is InChI=1S/C18H33NO2/c1-3-11-19-16(17(2)8-6-12-20-17)15-7-13-21-18(14-15)9-4-5-10-18/h15-16,19H,3-14H2,1-2H3. The van der Waals surface area contributed by atoms with Crippen molar-refractivity contribution in [1.29, 1.82) is 0 Å². The van der Waals surface area contributed by atoms with Crippen molar-refractivity contribution < 1.29 is 9.47 Å². The lowest BCUT2D eigenvalue weighted by molar-refractivity contribution is -0.117. The average Bonchev–Trinajstić information content (AvgIpc) is 3.10. The Morgan fingerprint density at radius 1 is 1.10 bits per heavy atom. The number of hydrogen-bond acceptors (Lipinski definition) is 3. The van der Waals surface area contributed by atoms with Crippen molar-refractivity contribution in [3.05, 3.63) is 0 Å². The predicted molar refractivity (Wildman–Crippen MR) is 85.5 cm³/mol. The molecule has 0 aromatic heterocycles. The molecule has 2 saturated heterocycles. The van der Waals surface area contributed by atoms with Gasteiger partial charge < -0.3 is 14.8 Å². The Labute approximate surface area is 130 Å². The van der Waals surface area contributed by atoms with Gasteiger partial charge >= 0.3 is 0 Å². The van der Waals surface area contributed by atoms with Crippen LogP contribution in [0.4, 0.5) is 0 Å². The second-order valence-corrected chi connectivity index (χ2v) is 7.69. The average molecular weight is 295 g/mol. The van der Waals surface area contributed by atoms with Gasteiger partial charge in [0, 0.05) is 19.3 Å². The maximum absolute atomic E-state index is 6.24. The molecule has 0 aromatic carbocycles. The predicted octanol–water partition coefficient (Wildman–Crippen LogP) is 3.66. The Bertz CT molecular complexity index is 332. The molecule has 1 aliphatic carbocycles. The summed E-state index contributed by atoms with van der Waals surface area (Å²) in [6.45, 7) is 7.59. The van der Waals surface area contributed by atoms with Crippen LogP contribution in [0.25, 0.3) is 0 Å². The van der Waals surface area contributed by atoms with Gasteiger partial charge in [-0.25, -0.2) is 0 Å². The minimum atomic E-state index is 0.0387. The first-order valence-corrected chi connectivity index (χ1v) is 9.19. The van der Waals surface area contributed by atoms with Crippen molar-refractivity contribution >= 4 is 0 Å². The maximum Gasteiger partial charge on any atom is 0.0810 e. The summed E-state index contributed by atoms with van der Waals surface area (Å²) in [7, 11) is 0. The van der Waals surface area contributed by atoms with E-state index in [1.165, 1.54) is 57.8 Å². The molecule has 3 aliphatic rings. The van der Waals surface area contributed by atoms with Gasteiger partial charge in [-0.05, 0) is 64.3 Å².